The van der Waals surface area contributed by atoms with Crippen LogP contribution in [0.1, 0.15) is 24.4 Å². The van der Waals surface area contributed by atoms with Crippen molar-refractivity contribution in [1.82, 2.24) is 9.80 Å². The fourth-order valence-corrected chi connectivity index (χ4v) is 3.13. The molecule has 2 N–H and O–H groups in total. The second-order valence-corrected chi connectivity index (χ2v) is 6.00. The van der Waals surface area contributed by atoms with E-state index in [1.807, 2.05) is 7.05 Å². The Kier molecular flexibility index (Phi) is 5.38. The van der Waals surface area contributed by atoms with Crippen molar-refractivity contribution in [2.24, 2.45) is 5.73 Å². The summed E-state index contributed by atoms with van der Waals surface area (Å²) in [5, 5.41) is 0.165. The number of rotatable bonds is 4. The third-order valence-electron chi connectivity index (χ3n) is 4.32. The summed E-state index contributed by atoms with van der Waals surface area (Å²) in [6.07, 6.45) is 2.18. The quantitative estimate of drug-likeness (QED) is 0.927. The summed E-state index contributed by atoms with van der Waals surface area (Å²) < 4.78 is 14.2. The van der Waals surface area contributed by atoms with Crippen molar-refractivity contribution in [2.75, 3.05) is 33.7 Å². The first-order chi connectivity index (χ1) is 9.54. The molecule has 1 unspecified atom stereocenters. The van der Waals surface area contributed by atoms with Crippen LogP contribution in [0.15, 0.2) is 18.2 Å². The number of likely N-dealkylation sites (tertiary alicyclic amines) is 1. The predicted molar refractivity (Wildman–Crippen MR) is 81.5 cm³/mol. The highest BCUT2D eigenvalue weighted by atomic mass is 35.5. The summed E-state index contributed by atoms with van der Waals surface area (Å²) in [4.78, 5) is 4.53. The Labute approximate surface area is 125 Å². The first-order valence-electron chi connectivity index (χ1n) is 7.09. The maximum absolute atomic E-state index is 14.2. The fourth-order valence-electron chi connectivity index (χ4n) is 2.95. The van der Waals surface area contributed by atoms with Crippen LogP contribution in [0.3, 0.4) is 0 Å². The summed E-state index contributed by atoms with van der Waals surface area (Å²) >= 11 is 5.88. The smallest absolute Gasteiger partial charge is 0.146 e. The van der Waals surface area contributed by atoms with Crippen LogP contribution in [0.2, 0.25) is 5.02 Å². The normalized spacial score (nSPS) is 19.5. The van der Waals surface area contributed by atoms with Crippen molar-refractivity contribution >= 4 is 11.6 Å². The first kappa shape index (κ1) is 15.7. The third-order valence-corrected chi connectivity index (χ3v) is 4.61. The predicted octanol–water partition coefficient (Wildman–Crippen LogP) is 2.50. The van der Waals surface area contributed by atoms with E-state index >= 15 is 0 Å². The van der Waals surface area contributed by atoms with Gasteiger partial charge in [0, 0.05) is 24.2 Å². The number of hydrogen-bond acceptors (Lipinski definition) is 3. The molecule has 0 bridgehead atoms. The van der Waals surface area contributed by atoms with Gasteiger partial charge in [-0.05, 0) is 46.1 Å². The number of halogens is 2. The minimum absolute atomic E-state index is 0.123. The van der Waals surface area contributed by atoms with Crippen molar-refractivity contribution in [2.45, 2.75) is 24.9 Å². The standard InChI is InChI=1S/C15H23ClFN3/c1-19-8-6-11(7-9-19)20(2)14(10-18)12-4-3-5-13(16)15(12)17/h3-5,11,14H,6-10,18H2,1-2H3. The maximum Gasteiger partial charge on any atom is 0.146 e. The van der Waals surface area contributed by atoms with Gasteiger partial charge in [0.1, 0.15) is 5.82 Å². The highest BCUT2D eigenvalue weighted by Crippen LogP contribution is 2.29. The summed E-state index contributed by atoms with van der Waals surface area (Å²) in [6.45, 7) is 2.54. The van der Waals surface area contributed by atoms with E-state index in [1.54, 1.807) is 18.2 Å². The summed E-state index contributed by atoms with van der Waals surface area (Å²) in [5.41, 5.74) is 6.50. The van der Waals surface area contributed by atoms with Gasteiger partial charge in [-0.1, -0.05) is 23.7 Å². The SMILES string of the molecule is CN1CCC(N(C)C(CN)c2cccc(Cl)c2F)CC1. The van der Waals surface area contributed by atoms with Gasteiger partial charge in [0.15, 0.2) is 0 Å². The van der Waals surface area contributed by atoms with E-state index in [-0.39, 0.29) is 16.9 Å². The lowest BCUT2D eigenvalue weighted by Crippen LogP contribution is -2.45. The lowest BCUT2D eigenvalue weighted by Gasteiger charge is -2.39. The molecule has 0 aliphatic carbocycles. The molecule has 1 heterocycles. The molecule has 0 amide bonds. The monoisotopic (exact) mass is 299 g/mol. The van der Waals surface area contributed by atoms with Gasteiger partial charge in [0.05, 0.1) is 5.02 Å². The van der Waals surface area contributed by atoms with Gasteiger partial charge in [0.2, 0.25) is 0 Å². The van der Waals surface area contributed by atoms with Crippen molar-refractivity contribution in [3.05, 3.63) is 34.6 Å². The molecule has 0 saturated carbocycles. The molecule has 112 valence electrons. The molecule has 1 aliphatic heterocycles. The van der Waals surface area contributed by atoms with Crippen LogP contribution in [0.25, 0.3) is 0 Å². The van der Waals surface area contributed by atoms with E-state index in [0.717, 1.165) is 25.9 Å². The fraction of sp³-hybridized carbons (Fsp3) is 0.600. The minimum Gasteiger partial charge on any atom is -0.329 e. The molecule has 3 nitrogen and oxygen atoms in total. The molecule has 1 aliphatic rings. The van der Waals surface area contributed by atoms with E-state index in [0.29, 0.717) is 18.2 Å². The van der Waals surface area contributed by atoms with Crippen LogP contribution >= 0.6 is 11.6 Å². The zero-order chi connectivity index (χ0) is 14.7. The minimum atomic E-state index is -0.343. The van der Waals surface area contributed by atoms with Crippen LogP contribution < -0.4 is 5.73 Å². The Morgan fingerprint density at radius 3 is 2.70 bits per heavy atom. The van der Waals surface area contributed by atoms with E-state index in [1.165, 1.54) is 0 Å². The van der Waals surface area contributed by atoms with E-state index in [2.05, 4.69) is 16.8 Å². The maximum atomic E-state index is 14.2. The van der Waals surface area contributed by atoms with Gasteiger partial charge in [-0.2, -0.15) is 0 Å². The summed E-state index contributed by atoms with van der Waals surface area (Å²) in [7, 11) is 4.17. The molecule has 20 heavy (non-hydrogen) atoms. The van der Waals surface area contributed by atoms with Gasteiger partial charge < -0.3 is 10.6 Å². The first-order valence-corrected chi connectivity index (χ1v) is 7.46. The zero-order valence-corrected chi connectivity index (χ0v) is 12.9. The lowest BCUT2D eigenvalue weighted by atomic mass is 9.98. The number of nitrogens with zero attached hydrogens (tertiary/aromatic N) is 2. The highest BCUT2D eigenvalue weighted by molar-refractivity contribution is 6.30. The van der Waals surface area contributed by atoms with Gasteiger partial charge >= 0.3 is 0 Å². The highest BCUT2D eigenvalue weighted by Gasteiger charge is 2.28. The molecular formula is C15H23ClFN3. The van der Waals surface area contributed by atoms with Gasteiger partial charge in [-0.25, -0.2) is 4.39 Å². The van der Waals surface area contributed by atoms with Gasteiger partial charge in [0.25, 0.3) is 0 Å². The molecular weight excluding hydrogens is 277 g/mol. The topological polar surface area (TPSA) is 32.5 Å². The summed E-state index contributed by atoms with van der Waals surface area (Å²) in [5.74, 6) is -0.343. The van der Waals surface area contributed by atoms with Crippen LogP contribution in [0.4, 0.5) is 4.39 Å². The van der Waals surface area contributed by atoms with Crippen LogP contribution in [0.5, 0.6) is 0 Å². The average Bonchev–Trinajstić information content (AvgIpc) is 2.45. The number of piperidine rings is 1. The largest absolute Gasteiger partial charge is 0.329 e. The Morgan fingerprint density at radius 2 is 2.10 bits per heavy atom. The molecule has 1 aromatic carbocycles. The number of benzene rings is 1. The number of hydrogen-bond donors (Lipinski definition) is 1. The van der Waals surface area contributed by atoms with Crippen LogP contribution in [0, 0.1) is 5.82 Å². The zero-order valence-electron chi connectivity index (χ0n) is 12.1. The van der Waals surface area contributed by atoms with Crippen molar-refractivity contribution in [3.63, 3.8) is 0 Å². The van der Waals surface area contributed by atoms with E-state index in [4.69, 9.17) is 17.3 Å². The second kappa shape index (κ2) is 6.85. The Balaban J connectivity index is 2.17. The number of likely N-dealkylation sites (N-methyl/N-ethyl adjacent to an activating group) is 1. The molecule has 1 fully saturated rings. The van der Waals surface area contributed by atoms with Crippen molar-refractivity contribution < 1.29 is 4.39 Å². The van der Waals surface area contributed by atoms with Crippen molar-refractivity contribution in [1.29, 1.82) is 0 Å². The molecule has 1 atom stereocenters. The molecule has 1 saturated heterocycles. The Bertz CT molecular complexity index is 447. The Morgan fingerprint density at radius 1 is 1.45 bits per heavy atom. The van der Waals surface area contributed by atoms with Gasteiger partial charge in [-0.3, -0.25) is 4.90 Å². The van der Waals surface area contributed by atoms with E-state index in [9.17, 15) is 4.39 Å². The molecule has 1 aromatic rings. The molecule has 0 spiro atoms. The molecule has 0 aromatic heterocycles. The van der Waals surface area contributed by atoms with Crippen LogP contribution in [-0.2, 0) is 0 Å². The molecule has 5 heteroatoms. The van der Waals surface area contributed by atoms with Crippen LogP contribution in [-0.4, -0.2) is 49.6 Å². The average molecular weight is 300 g/mol. The lowest BCUT2D eigenvalue weighted by molar-refractivity contribution is 0.108. The Hall–Kier alpha value is -0.680. The van der Waals surface area contributed by atoms with Crippen molar-refractivity contribution in [3.8, 4) is 0 Å². The van der Waals surface area contributed by atoms with Gasteiger partial charge in [-0.15, -0.1) is 0 Å². The number of nitrogens with two attached hydrogens (primary N) is 1. The third kappa shape index (κ3) is 3.31. The van der Waals surface area contributed by atoms with E-state index < -0.39 is 0 Å². The molecule has 2 rings (SSSR count). The summed E-state index contributed by atoms with van der Waals surface area (Å²) in [6, 6.07) is 5.46. The molecule has 0 radical (unpaired) electrons. The second-order valence-electron chi connectivity index (χ2n) is 5.59.